The lowest BCUT2D eigenvalue weighted by Crippen LogP contribution is -2.15. The van der Waals surface area contributed by atoms with Crippen LogP contribution in [0.5, 0.6) is 0 Å². The highest BCUT2D eigenvalue weighted by molar-refractivity contribution is 4.81. The molecule has 0 spiro atoms. The van der Waals surface area contributed by atoms with Gasteiger partial charge in [0.2, 0.25) is 0 Å². The molecule has 0 atom stereocenters. The van der Waals surface area contributed by atoms with E-state index in [4.69, 9.17) is 4.84 Å². The maximum absolute atomic E-state index is 5.31. The molecule has 0 amide bonds. The summed E-state index contributed by atoms with van der Waals surface area (Å²) in [6.07, 6.45) is 19.0. The summed E-state index contributed by atoms with van der Waals surface area (Å²) >= 11 is 0. The van der Waals surface area contributed by atoms with Gasteiger partial charge in [0, 0.05) is 6.54 Å². The second-order valence-electron chi connectivity index (χ2n) is 5.27. The first-order valence-electron chi connectivity index (χ1n) is 8.41. The molecule has 0 saturated heterocycles. The third-order valence-corrected chi connectivity index (χ3v) is 3.21. The van der Waals surface area contributed by atoms with Crippen molar-refractivity contribution in [3.8, 4) is 0 Å². The van der Waals surface area contributed by atoms with Crippen molar-refractivity contribution in [1.29, 1.82) is 0 Å². The summed E-state index contributed by atoms with van der Waals surface area (Å²) in [5, 5.41) is 0. The topological polar surface area (TPSA) is 21.3 Å². The highest BCUT2D eigenvalue weighted by atomic mass is 16.6. The zero-order valence-electron chi connectivity index (χ0n) is 13.3. The van der Waals surface area contributed by atoms with E-state index in [1.54, 1.807) is 0 Å². The summed E-state index contributed by atoms with van der Waals surface area (Å²) in [5.41, 5.74) is 2.97. The van der Waals surface area contributed by atoms with Gasteiger partial charge in [0.15, 0.2) is 0 Å². The summed E-state index contributed by atoms with van der Waals surface area (Å²) in [7, 11) is 0. The van der Waals surface area contributed by atoms with Crippen LogP contribution in [0.1, 0.15) is 84.5 Å². The van der Waals surface area contributed by atoms with Crippen LogP contribution >= 0.6 is 0 Å². The van der Waals surface area contributed by atoms with Crippen molar-refractivity contribution in [3.63, 3.8) is 0 Å². The third-order valence-electron chi connectivity index (χ3n) is 3.21. The lowest BCUT2D eigenvalue weighted by molar-refractivity contribution is 0.0387. The molecule has 0 aromatic rings. The van der Waals surface area contributed by atoms with Gasteiger partial charge in [-0.05, 0) is 32.1 Å². The standard InChI is InChI=1S/C17H35NO/c1-3-5-6-7-8-9-10-11-12-13-14-15-17-19-18-16-4-2/h7-8,18H,3-6,9-17H2,1-2H3/b8-7-. The molecule has 19 heavy (non-hydrogen) atoms. The summed E-state index contributed by atoms with van der Waals surface area (Å²) < 4.78 is 0. The van der Waals surface area contributed by atoms with Crippen molar-refractivity contribution in [3.05, 3.63) is 12.2 Å². The van der Waals surface area contributed by atoms with Gasteiger partial charge in [0.1, 0.15) is 0 Å². The maximum Gasteiger partial charge on any atom is 0.0682 e. The second-order valence-corrected chi connectivity index (χ2v) is 5.27. The van der Waals surface area contributed by atoms with E-state index in [-0.39, 0.29) is 0 Å². The maximum atomic E-state index is 5.31. The van der Waals surface area contributed by atoms with Gasteiger partial charge in [-0.3, -0.25) is 0 Å². The van der Waals surface area contributed by atoms with Crippen LogP contribution in [0.15, 0.2) is 12.2 Å². The Labute approximate surface area is 121 Å². The number of hydrogen-bond donors (Lipinski definition) is 1. The number of hydroxylamine groups is 1. The monoisotopic (exact) mass is 269 g/mol. The first-order chi connectivity index (χ1) is 9.41. The summed E-state index contributed by atoms with van der Waals surface area (Å²) in [6, 6.07) is 0. The molecule has 0 aliphatic rings. The van der Waals surface area contributed by atoms with Crippen molar-refractivity contribution in [2.24, 2.45) is 0 Å². The summed E-state index contributed by atoms with van der Waals surface area (Å²) in [6.45, 7) is 6.22. The molecule has 0 aliphatic heterocycles. The van der Waals surface area contributed by atoms with E-state index < -0.39 is 0 Å². The highest BCUT2D eigenvalue weighted by Gasteiger charge is 1.91. The molecular weight excluding hydrogens is 234 g/mol. The van der Waals surface area contributed by atoms with E-state index in [1.165, 1.54) is 64.2 Å². The summed E-state index contributed by atoms with van der Waals surface area (Å²) in [5.74, 6) is 0. The summed E-state index contributed by atoms with van der Waals surface area (Å²) in [4.78, 5) is 5.31. The molecule has 0 unspecified atom stereocenters. The van der Waals surface area contributed by atoms with Gasteiger partial charge in [-0.1, -0.05) is 64.5 Å². The van der Waals surface area contributed by atoms with Crippen molar-refractivity contribution in [1.82, 2.24) is 5.48 Å². The molecule has 0 rings (SSSR count). The van der Waals surface area contributed by atoms with E-state index in [0.717, 1.165) is 19.6 Å². The molecule has 114 valence electrons. The van der Waals surface area contributed by atoms with E-state index in [1.807, 2.05) is 0 Å². The Morgan fingerprint density at radius 2 is 1.37 bits per heavy atom. The van der Waals surface area contributed by atoms with Gasteiger partial charge in [0.25, 0.3) is 0 Å². The van der Waals surface area contributed by atoms with Crippen LogP contribution in [0.4, 0.5) is 0 Å². The molecule has 0 heterocycles. The molecule has 0 aliphatic carbocycles. The lowest BCUT2D eigenvalue weighted by atomic mass is 10.1. The minimum absolute atomic E-state index is 0.861. The van der Waals surface area contributed by atoms with Crippen LogP contribution in [-0.4, -0.2) is 13.2 Å². The molecule has 0 saturated carbocycles. The molecule has 0 aromatic heterocycles. The quantitative estimate of drug-likeness (QED) is 0.244. The molecule has 2 heteroatoms. The van der Waals surface area contributed by atoms with Crippen LogP contribution in [0.3, 0.4) is 0 Å². The second kappa shape index (κ2) is 17.7. The average molecular weight is 269 g/mol. The van der Waals surface area contributed by atoms with Crippen molar-refractivity contribution in [2.45, 2.75) is 84.5 Å². The largest absolute Gasteiger partial charge is 0.302 e. The van der Waals surface area contributed by atoms with Gasteiger partial charge in [-0.15, -0.1) is 0 Å². The van der Waals surface area contributed by atoms with Gasteiger partial charge >= 0.3 is 0 Å². The van der Waals surface area contributed by atoms with Crippen molar-refractivity contribution < 1.29 is 4.84 Å². The van der Waals surface area contributed by atoms with Crippen LogP contribution in [0.25, 0.3) is 0 Å². The van der Waals surface area contributed by atoms with Crippen molar-refractivity contribution in [2.75, 3.05) is 13.2 Å². The van der Waals surface area contributed by atoms with Gasteiger partial charge in [0.05, 0.1) is 6.61 Å². The Balaban J connectivity index is 2.97. The predicted octanol–water partition coefficient (Wildman–Crippen LogP) is 5.39. The molecule has 0 bridgehead atoms. The first kappa shape index (κ1) is 18.7. The molecule has 0 fully saturated rings. The number of rotatable bonds is 15. The first-order valence-corrected chi connectivity index (χ1v) is 8.41. The van der Waals surface area contributed by atoms with E-state index >= 15 is 0 Å². The fourth-order valence-corrected chi connectivity index (χ4v) is 1.95. The minimum atomic E-state index is 0.861. The van der Waals surface area contributed by atoms with Crippen LogP contribution < -0.4 is 5.48 Å². The predicted molar refractivity (Wildman–Crippen MR) is 85.2 cm³/mol. The third kappa shape index (κ3) is 17.7. The van der Waals surface area contributed by atoms with Crippen LogP contribution in [0.2, 0.25) is 0 Å². The zero-order valence-corrected chi connectivity index (χ0v) is 13.3. The van der Waals surface area contributed by atoms with Crippen LogP contribution in [0, 0.1) is 0 Å². The SMILES string of the molecule is CCCC/C=C\CCCCCCCCONCCC. The normalized spacial score (nSPS) is 11.5. The Morgan fingerprint density at radius 3 is 2.05 bits per heavy atom. The van der Waals surface area contributed by atoms with E-state index in [0.29, 0.717) is 0 Å². The minimum Gasteiger partial charge on any atom is -0.302 e. The Morgan fingerprint density at radius 1 is 0.737 bits per heavy atom. The van der Waals surface area contributed by atoms with Crippen LogP contribution in [-0.2, 0) is 4.84 Å². The number of unbranched alkanes of at least 4 members (excludes halogenated alkanes) is 8. The molecule has 1 N–H and O–H groups in total. The highest BCUT2D eigenvalue weighted by Crippen LogP contribution is 2.08. The Bertz CT molecular complexity index is 180. The number of allylic oxidation sites excluding steroid dienone is 2. The van der Waals surface area contributed by atoms with Crippen molar-refractivity contribution >= 4 is 0 Å². The van der Waals surface area contributed by atoms with Gasteiger partial charge < -0.3 is 4.84 Å². The number of nitrogens with one attached hydrogen (secondary N) is 1. The van der Waals surface area contributed by atoms with Gasteiger partial charge in [-0.25, -0.2) is 5.48 Å². The molecule has 0 aromatic carbocycles. The van der Waals surface area contributed by atoms with Gasteiger partial charge in [-0.2, -0.15) is 0 Å². The fourth-order valence-electron chi connectivity index (χ4n) is 1.95. The van der Waals surface area contributed by atoms with E-state index in [9.17, 15) is 0 Å². The Hall–Kier alpha value is -0.340. The average Bonchev–Trinajstić information content (AvgIpc) is 2.43. The molecular formula is C17H35NO. The molecule has 0 radical (unpaired) electrons. The fraction of sp³-hybridized carbons (Fsp3) is 0.882. The van der Waals surface area contributed by atoms with E-state index in [2.05, 4.69) is 31.5 Å². The zero-order chi connectivity index (χ0) is 14.0. The lowest BCUT2D eigenvalue weighted by Gasteiger charge is -2.04. The Kier molecular flexibility index (Phi) is 17.3. The smallest absolute Gasteiger partial charge is 0.0682 e. The molecule has 2 nitrogen and oxygen atoms in total. The number of hydrogen-bond acceptors (Lipinski definition) is 2.